The van der Waals surface area contributed by atoms with Crippen LogP contribution in [0.2, 0.25) is 0 Å². The number of benzene rings is 1. The molecule has 0 bridgehead atoms. The Morgan fingerprint density at radius 1 is 1.16 bits per heavy atom. The fourth-order valence-electron chi connectivity index (χ4n) is 2.70. The van der Waals surface area contributed by atoms with Gasteiger partial charge >= 0.3 is 12.1 Å². The van der Waals surface area contributed by atoms with Crippen molar-refractivity contribution in [2.75, 3.05) is 19.7 Å². The van der Waals surface area contributed by atoms with Crippen LogP contribution >= 0.6 is 0 Å². The maximum absolute atomic E-state index is 12.6. The molecule has 1 N–H and O–H groups in total. The number of aryl methyl sites for hydroxylation is 1. The van der Waals surface area contributed by atoms with Gasteiger partial charge in [-0.05, 0) is 37.0 Å². The van der Waals surface area contributed by atoms with Crippen LogP contribution in [0.25, 0.3) is 0 Å². The maximum atomic E-state index is 12.6. The largest absolute Gasteiger partial charge is 0.484 e. The Kier molecular flexibility index (Phi) is 6.27. The van der Waals surface area contributed by atoms with Crippen molar-refractivity contribution in [2.24, 2.45) is 5.92 Å². The molecule has 1 aliphatic rings. The summed E-state index contributed by atoms with van der Waals surface area (Å²) in [6.07, 6.45) is -3.91. The van der Waals surface area contributed by atoms with Crippen LogP contribution in [0.4, 0.5) is 13.2 Å². The number of hydrogen-bond donors (Lipinski definition) is 1. The molecule has 0 saturated carbocycles. The number of carboxylic acids is 1. The number of piperidine rings is 1. The summed E-state index contributed by atoms with van der Waals surface area (Å²) in [6.45, 7) is -0.0633. The minimum Gasteiger partial charge on any atom is -0.484 e. The average molecular weight is 359 g/mol. The first-order valence-corrected chi connectivity index (χ1v) is 8.03. The van der Waals surface area contributed by atoms with Crippen LogP contribution in [0.5, 0.6) is 5.75 Å². The Hall–Kier alpha value is -2.25. The zero-order valence-electron chi connectivity index (χ0n) is 13.6. The maximum Gasteiger partial charge on any atom is 0.391 e. The molecule has 0 aliphatic carbocycles. The van der Waals surface area contributed by atoms with E-state index in [0.29, 0.717) is 12.2 Å². The van der Waals surface area contributed by atoms with Gasteiger partial charge in [0.05, 0.1) is 5.92 Å². The number of halogens is 3. The fraction of sp³-hybridized carbons (Fsp3) is 0.529. The Morgan fingerprint density at radius 3 is 2.28 bits per heavy atom. The van der Waals surface area contributed by atoms with E-state index >= 15 is 0 Å². The van der Waals surface area contributed by atoms with Crippen molar-refractivity contribution in [1.29, 1.82) is 0 Å². The molecule has 2 rings (SSSR count). The minimum absolute atomic E-state index is 0.0343. The number of likely N-dealkylation sites (tertiary alicyclic amines) is 1. The van der Waals surface area contributed by atoms with Crippen LogP contribution in [0.1, 0.15) is 24.8 Å². The Bertz CT molecular complexity index is 593. The van der Waals surface area contributed by atoms with Crippen molar-refractivity contribution in [1.82, 2.24) is 4.90 Å². The molecule has 1 saturated heterocycles. The number of ether oxygens (including phenoxy) is 1. The normalized spacial score (nSPS) is 15.9. The predicted octanol–water partition coefficient (Wildman–Crippen LogP) is 2.88. The highest BCUT2D eigenvalue weighted by molar-refractivity contribution is 5.77. The summed E-state index contributed by atoms with van der Waals surface area (Å²) in [5, 5.41) is 8.63. The third-order valence-corrected chi connectivity index (χ3v) is 4.22. The Morgan fingerprint density at radius 2 is 1.76 bits per heavy atom. The molecule has 0 unspecified atom stereocenters. The zero-order valence-corrected chi connectivity index (χ0v) is 13.6. The molecule has 1 heterocycles. The molecule has 8 heteroatoms. The highest BCUT2D eigenvalue weighted by Crippen LogP contribution is 2.34. The highest BCUT2D eigenvalue weighted by Gasteiger charge is 2.41. The smallest absolute Gasteiger partial charge is 0.391 e. The lowest BCUT2D eigenvalue weighted by atomic mass is 9.96. The van der Waals surface area contributed by atoms with E-state index in [2.05, 4.69) is 0 Å². The van der Waals surface area contributed by atoms with Crippen molar-refractivity contribution in [3.63, 3.8) is 0 Å². The van der Waals surface area contributed by atoms with Crippen molar-refractivity contribution in [3.8, 4) is 5.75 Å². The first-order chi connectivity index (χ1) is 11.8. The van der Waals surface area contributed by atoms with E-state index in [1.165, 1.54) is 4.90 Å². The summed E-state index contributed by atoms with van der Waals surface area (Å²) in [5.74, 6) is -2.09. The van der Waals surface area contributed by atoms with Gasteiger partial charge in [0.2, 0.25) is 0 Å². The lowest BCUT2D eigenvalue weighted by Crippen LogP contribution is -2.43. The van der Waals surface area contributed by atoms with Gasteiger partial charge in [0.15, 0.2) is 6.61 Å². The Balaban J connectivity index is 1.76. The quantitative estimate of drug-likeness (QED) is 0.848. The molecule has 1 aliphatic heterocycles. The molecule has 138 valence electrons. The van der Waals surface area contributed by atoms with Gasteiger partial charge in [-0.25, -0.2) is 0 Å². The van der Waals surface area contributed by atoms with E-state index in [9.17, 15) is 22.8 Å². The number of hydrogen-bond acceptors (Lipinski definition) is 3. The fourth-order valence-corrected chi connectivity index (χ4v) is 2.70. The number of carbonyl (C=O) groups is 2. The topological polar surface area (TPSA) is 66.8 Å². The van der Waals surface area contributed by atoms with Crippen LogP contribution < -0.4 is 4.74 Å². The molecule has 1 amide bonds. The summed E-state index contributed by atoms with van der Waals surface area (Å²) in [7, 11) is 0. The molecular formula is C17H20F3NO4. The van der Waals surface area contributed by atoms with Gasteiger partial charge in [-0.2, -0.15) is 13.2 Å². The first kappa shape index (κ1) is 19.1. The van der Waals surface area contributed by atoms with Crippen LogP contribution in [-0.2, 0) is 16.0 Å². The van der Waals surface area contributed by atoms with Crippen molar-refractivity contribution in [3.05, 3.63) is 29.8 Å². The predicted molar refractivity (Wildman–Crippen MR) is 83.3 cm³/mol. The van der Waals surface area contributed by atoms with Gasteiger partial charge in [0.25, 0.3) is 5.91 Å². The number of amides is 1. The number of rotatable bonds is 6. The Labute approximate surface area is 143 Å². The number of carboxylic acid groups (broad SMARTS) is 1. The van der Waals surface area contributed by atoms with Crippen molar-refractivity contribution < 1.29 is 32.6 Å². The molecule has 25 heavy (non-hydrogen) atoms. The van der Waals surface area contributed by atoms with Crippen LogP contribution in [0.15, 0.2) is 24.3 Å². The molecule has 0 aromatic heterocycles. The minimum atomic E-state index is -4.20. The van der Waals surface area contributed by atoms with Crippen molar-refractivity contribution in [2.45, 2.75) is 31.9 Å². The van der Waals surface area contributed by atoms with E-state index in [4.69, 9.17) is 9.84 Å². The second-order valence-electron chi connectivity index (χ2n) is 6.02. The van der Waals surface area contributed by atoms with Crippen LogP contribution in [-0.4, -0.2) is 47.8 Å². The number of alkyl halides is 3. The third-order valence-electron chi connectivity index (χ3n) is 4.22. The number of nitrogens with zero attached hydrogens (tertiary/aromatic N) is 1. The summed E-state index contributed by atoms with van der Waals surface area (Å²) in [5.41, 5.74) is 0.843. The van der Waals surface area contributed by atoms with E-state index in [0.717, 1.165) is 5.56 Å². The van der Waals surface area contributed by atoms with Gasteiger partial charge < -0.3 is 14.7 Å². The summed E-state index contributed by atoms with van der Waals surface area (Å²) in [6, 6.07) is 6.72. The van der Waals surface area contributed by atoms with E-state index in [1.54, 1.807) is 24.3 Å². The lowest BCUT2D eigenvalue weighted by molar-refractivity contribution is -0.186. The highest BCUT2D eigenvalue weighted by atomic mass is 19.4. The van der Waals surface area contributed by atoms with Crippen molar-refractivity contribution >= 4 is 11.9 Å². The second-order valence-corrected chi connectivity index (χ2v) is 6.02. The van der Waals surface area contributed by atoms with Gasteiger partial charge in [0, 0.05) is 19.5 Å². The third kappa shape index (κ3) is 5.95. The molecule has 5 nitrogen and oxygen atoms in total. The van der Waals surface area contributed by atoms with Gasteiger partial charge in [0.1, 0.15) is 5.75 Å². The molecule has 0 spiro atoms. The standard InChI is InChI=1S/C17H20F3NO4/c18-17(19,20)13-7-9-21(10-8-13)15(22)11-25-14-4-1-12(2-5-14)3-6-16(23)24/h1-2,4-5,13H,3,6-11H2,(H,23,24). The number of carbonyl (C=O) groups excluding carboxylic acids is 1. The van der Waals surface area contributed by atoms with E-state index in [1.807, 2.05) is 0 Å². The molecule has 0 radical (unpaired) electrons. The molecule has 1 aromatic rings. The second kappa shape index (κ2) is 8.22. The molecular weight excluding hydrogens is 339 g/mol. The number of aliphatic carboxylic acids is 1. The zero-order chi connectivity index (χ0) is 18.4. The van der Waals surface area contributed by atoms with Gasteiger partial charge in [-0.3, -0.25) is 9.59 Å². The summed E-state index contributed by atoms with van der Waals surface area (Å²) in [4.78, 5) is 23.9. The SMILES string of the molecule is O=C(O)CCc1ccc(OCC(=O)N2CCC(C(F)(F)F)CC2)cc1. The molecule has 1 aromatic carbocycles. The van der Waals surface area contributed by atoms with Crippen LogP contribution in [0, 0.1) is 5.92 Å². The lowest BCUT2D eigenvalue weighted by Gasteiger charge is -2.32. The van der Waals surface area contributed by atoms with Crippen LogP contribution in [0.3, 0.4) is 0 Å². The molecule has 0 atom stereocenters. The first-order valence-electron chi connectivity index (χ1n) is 8.03. The summed E-state index contributed by atoms with van der Waals surface area (Å²) >= 11 is 0. The monoisotopic (exact) mass is 359 g/mol. The van der Waals surface area contributed by atoms with E-state index in [-0.39, 0.29) is 44.9 Å². The van der Waals surface area contributed by atoms with Gasteiger partial charge in [-0.15, -0.1) is 0 Å². The molecule has 1 fully saturated rings. The van der Waals surface area contributed by atoms with E-state index < -0.39 is 18.1 Å². The summed E-state index contributed by atoms with van der Waals surface area (Å²) < 4.78 is 43.2. The average Bonchev–Trinajstić information content (AvgIpc) is 2.58. The van der Waals surface area contributed by atoms with Gasteiger partial charge in [-0.1, -0.05) is 12.1 Å².